The highest BCUT2D eigenvalue weighted by molar-refractivity contribution is 5.15. The monoisotopic (exact) mass is 206 g/mol. The molecule has 2 N–H and O–H groups in total. The van der Waals surface area contributed by atoms with Gasteiger partial charge in [-0.3, -0.25) is 0 Å². The van der Waals surface area contributed by atoms with Crippen LogP contribution < -0.4 is 5.73 Å². The Bertz CT molecular complexity index is 302. The van der Waals surface area contributed by atoms with Gasteiger partial charge in [-0.15, -0.1) is 0 Å². The van der Waals surface area contributed by atoms with Crippen LogP contribution in [0.15, 0.2) is 12.1 Å². The lowest BCUT2D eigenvalue weighted by atomic mass is 9.97. The summed E-state index contributed by atoms with van der Waals surface area (Å²) >= 11 is 0. The average molecular weight is 206 g/mol. The minimum atomic E-state index is 0.530. The van der Waals surface area contributed by atoms with E-state index in [9.17, 15) is 0 Å². The first-order valence-corrected chi connectivity index (χ1v) is 6.08. The first-order valence-electron chi connectivity index (χ1n) is 6.08. The van der Waals surface area contributed by atoms with Gasteiger partial charge in [0.25, 0.3) is 0 Å². The van der Waals surface area contributed by atoms with Crippen molar-refractivity contribution in [2.24, 2.45) is 11.7 Å². The molecule has 0 aromatic carbocycles. The summed E-state index contributed by atoms with van der Waals surface area (Å²) in [6.07, 6.45) is 5.50. The van der Waals surface area contributed by atoms with Crippen LogP contribution in [0.1, 0.15) is 43.1 Å². The molecular formula is C13H22N2. The molecule has 0 saturated heterocycles. The van der Waals surface area contributed by atoms with Crippen molar-refractivity contribution in [3.05, 3.63) is 23.5 Å². The van der Waals surface area contributed by atoms with Crippen LogP contribution in [0, 0.1) is 19.8 Å². The molecule has 1 fully saturated rings. The first kappa shape index (κ1) is 10.7. The standard InChI is InChI=1S/C13H22N2/c1-10-7-8-11(2)15(10)13(9-14)12-5-3-4-6-12/h7-8,12-13H,3-6,9,14H2,1-2H3. The molecular weight excluding hydrogens is 184 g/mol. The Kier molecular flexibility index (Phi) is 3.15. The van der Waals surface area contributed by atoms with Crippen molar-refractivity contribution in [1.82, 2.24) is 4.57 Å². The fourth-order valence-electron chi connectivity index (χ4n) is 3.05. The van der Waals surface area contributed by atoms with Gasteiger partial charge in [0.2, 0.25) is 0 Å². The Hall–Kier alpha value is -0.760. The molecule has 1 unspecified atom stereocenters. The van der Waals surface area contributed by atoms with Crippen LogP contribution in [-0.2, 0) is 0 Å². The molecule has 0 amide bonds. The van der Waals surface area contributed by atoms with E-state index in [4.69, 9.17) is 5.73 Å². The van der Waals surface area contributed by atoms with Crippen LogP contribution >= 0.6 is 0 Å². The van der Waals surface area contributed by atoms with Gasteiger partial charge in [0.1, 0.15) is 0 Å². The molecule has 84 valence electrons. The van der Waals surface area contributed by atoms with Crippen molar-refractivity contribution >= 4 is 0 Å². The van der Waals surface area contributed by atoms with E-state index in [0.29, 0.717) is 6.04 Å². The van der Waals surface area contributed by atoms with E-state index in [1.807, 2.05) is 0 Å². The maximum Gasteiger partial charge on any atom is 0.0486 e. The summed E-state index contributed by atoms with van der Waals surface area (Å²) in [5.74, 6) is 0.805. The first-order chi connectivity index (χ1) is 7.24. The lowest BCUT2D eigenvalue weighted by Crippen LogP contribution is -2.27. The van der Waals surface area contributed by atoms with Gasteiger partial charge in [-0.1, -0.05) is 12.8 Å². The van der Waals surface area contributed by atoms with E-state index in [0.717, 1.165) is 12.5 Å². The molecule has 1 saturated carbocycles. The Balaban J connectivity index is 2.25. The second-order valence-electron chi connectivity index (χ2n) is 4.83. The van der Waals surface area contributed by atoms with Crippen molar-refractivity contribution in [2.75, 3.05) is 6.54 Å². The van der Waals surface area contributed by atoms with Crippen molar-refractivity contribution in [2.45, 2.75) is 45.6 Å². The molecule has 2 nitrogen and oxygen atoms in total. The number of rotatable bonds is 3. The zero-order valence-electron chi connectivity index (χ0n) is 9.87. The molecule has 1 heterocycles. The van der Waals surface area contributed by atoms with Gasteiger partial charge < -0.3 is 10.3 Å². The molecule has 1 aliphatic carbocycles. The normalized spacial score (nSPS) is 19.7. The van der Waals surface area contributed by atoms with E-state index in [2.05, 4.69) is 30.5 Å². The molecule has 1 aliphatic rings. The van der Waals surface area contributed by atoms with Crippen molar-refractivity contribution < 1.29 is 0 Å². The van der Waals surface area contributed by atoms with Gasteiger partial charge in [-0.25, -0.2) is 0 Å². The number of aryl methyl sites for hydroxylation is 2. The second-order valence-corrected chi connectivity index (χ2v) is 4.83. The summed E-state index contributed by atoms with van der Waals surface area (Å²) in [4.78, 5) is 0. The molecule has 2 heteroatoms. The third kappa shape index (κ3) is 1.96. The summed E-state index contributed by atoms with van der Waals surface area (Å²) in [7, 11) is 0. The highest BCUT2D eigenvalue weighted by atomic mass is 15.0. The summed E-state index contributed by atoms with van der Waals surface area (Å²) < 4.78 is 2.44. The van der Waals surface area contributed by atoms with Gasteiger partial charge in [0.15, 0.2) is 0 Å². The number of aromatic nitrogens is 1. The highest BCUT2D eigenvalue weighted by Gasteiger charge is 2.26. The highest BCUT2D eigenvalue weighted by Crippen LogP contribution is 2.35. The summed E-state index contributed by atoms with van der Waals surface area (Å²) in [5, 5.41) is 0. The van der Waals surface area contributed by atoms with E-state index in [1.54, 1.807) is 0 Å². The smallest absolute Gasteiger partial charge is 0.0486 e. The van der Waals surface area contributed by atoms with Crippen LogP contribution in [0.4, 0.5) is 0 Å². The van der Waals surface area contributed by atoms with Gasteiger partial charge in [-0.2, -0.15) is 0 Å². The van der Waals surface area contributed by atoms with Gasteiger partial charge in [0, 0.05) is 24.0 Å². The van der Waals surface area contributed by atoms with Crippen molar-refractivity contribution in [3.8, 4) is 0 Å². The Morgan fingerprint density at radius 1 is 1.27 bits per heavy atom. The Labute approximate surface area is 92.5 Å². The van der Waals surface area contributed by atoms with E-state index < -0.39 is 0 Å². The Morgan fingerprint density at radius 2 is 1.80 bits per heavy atom. The predicted molar refractivity (Wildman–Crippen MR) is 64.0 cm³/mol. The van der Waals surface area contributed by atoms with Gasteiger partial charge in [0.05, 0.1) is 0 Å². The average Bonchev–Trinajstić information content (AvgIpc) is 2.83. The quantitative estimate of drug-likeness (QED) is 0.810. The maximum atomic E-state index is 5.96. The molecule has 1 aromatic rings. The van der Waals surface area contributed by atoms with Crippen LogP contribution in [0.2, 0.25) is 0 Å². The third-order valence-electron chi connectivity index (χ3n) is 3.84. The zero-order valence-corrected chi connectivity index (χ0v) is 9.87. The fourth-order valence-corrected chi connectivity index (χ4v) is 3.05. The minimum Gasteiger partial charge on any atom is -0.345 e. The molecule has 0 aliphatic heterocycles. The largest absolute Gasteiger partial charge is 0.345 e. The zero-order chi connectivity index (χ0) is 10.8. The van der Waals surface area contributed by atoms with Crippen LogP contribution in [0.25, 0.3) is 0 Å². The van der Waals surface area contributed by atoms with Crippen LogP contribution in [0.5, 0.6) is 0 Å². The number of hydrogen-bond donors (Lipinski definition) is 1. The van der Waals surface area contributed by atoms with Crippen LogP contribution in [-0.4, -0.2) is 11.1 Å². The molecule has 1 aromatic heterocycles. The van der Waals surface area contributed by atoms with E-state index >= 15 is 0 Å². The summed E-state index contributed by atoms with van der Waals surface area (Å²) in [6, 6.07) is 4.93. The summed E-state index contributed by atoms with van der Waals surface area (Å²) in [5.41, 5.74) is 8.67. The van der Waals surface area contributed by atoms with Crippen LogP contribution in [0.3, 0.4) is 0 Å². The van der Waals surface area contributed by atoms with Crippen molar-refractivity contribution in [1.29, 1.82) is 0 Å². The molecule has 0 spiro atoms. The maximum absolute atomic E-state index is 5.96. The van der Waals surface area contributed by atoms with E-state index in [-0.39, 0.29) is 0 Å². The molecule has 2 rings (SSSR count). The number of nitrogens with zero attached hydrogens (tertiary/aromatic N) is 1. The third-order valence-corrected chi connectivity index (χ3v) is 3.84. The predicted octanol–water partition coefficient (Wildman–Crippen LogP) is 2.79. The second kappa shape index (κ2) is 4.40. The SMILES string of the molecule is Cc1ccc(C)n1C(CN)C1CCCC1. The topological polar surface area (TPSA) is 30.9 Å². The molecule has 0 bridgehead atoms. The van der Waals surface area contributed by atoms with E-state index in [1.165, 1.54) is 37.1 Å². The number of hydrogen-bond acceptors (Lipinski definition) is 1. The van der Waals surface area contributed by atoms with Gasteiger partial charge in [-0.05, 0) is 44.7 Å². The van der Waals surface area contributed by atoms with Gasteiger partial charge >= 0.3 is 0 Å². The molecule has 15 heavy (non-hydrogen) atoms. The van der Waals surface area contributed by atoms with Crippen molar-refractivity contribution in [3.63, 3.8) is 0 Å². The molecule has 1 atom stereocenters. The lowest BCUT2D eigenvalue weighted by molar-refractivity contribution is 0.334. The lowest BCUT2D eigenvalue weighted by Gasteiger charge is -2.26. The molecule has 0 radical (unpaired) electrons. The number of nitrogens with two attached hydrogens (primary N) is 1. The fraction of sp³-hybridized carbons (Fsp3) is 0.692. The minimum absolute atomic E-state index is 0.530. The Morgan fingerprint density at radius 3 is 2.27 bits per heavy atom. The summed E-state index contributed by atoms with van der Waals surface area (Å²) in [6.45, 7) is 5.15.